The van der Waals surface area contributed by atoms with Crippen LogP contribution in [0.2, 0.25) is 0 Å². The molecule has 0 aromatic heterocycles. The first kappa shape index (κ1) is 19.6. The van der Waals surface area contributed by atoms with Crippen molar-refractivity contribution in [3.8, 4) is 0 Å². The predicted octanol–water partition coefficient (Wildman–Crippen LogP) is 2.48. The van der Waals surface area contributed by atoms with Crippen LogP contribution in [0.15, 0.2) is 29.2 Å². The molecule has 1 aromatic carbocycles. The topological polar surface area (TPSA) is 57.7 Å². The Morgan fingerprint density at radius 2 is 1.78 bits per heavy atom. The van der Waals surface area contributed by atoms with Crippen molar-refractivity contribution in [1.82, 2.24) is 9.21 Å². The lowest BCUT2D eigenvalue weighted by atomic mass is 10.2. The van der Waals surface area contributed by atoms with E-state index in [9.17, 15) is 17.6 Å². The van der Waals surface area contributed by atoms with E-state index in [2.05, 4.69) is 0 Å². The van der Waals surface area contributed by atoms with E-state index < -0.39 is 15.8 Å². The average Bonchev–Trinajstić information content (AvgIpc) is 2.53. The Morgan fingerprint density at radius 3 is 2.30 bits per heavy atom. The Kier molecular flexibility index (Phi) is 7.15. The molecule has 7 heteroatoms. The first-order valence-electron chi connectivity index (χ1n) is 7.67. The molecule has 0 saturated heterocycles. The number of benzene rings is 1. The van der Waals surface area contributed by atoms with E-state index in [1.807, 2.05) is 13.8 Å². The van der Waals surface area contributed by atoms with Crippen molar-refractivity contribution >= 4 is 15.9 Å². The number of carbonyl (C=O) groups is 1. The molecule has 0 heterocycles. The quantitative estimate of drug-likeness (QED) is 0.728. The molecule has 0 aliphatic carbocycles. The van der Waals surface area contributed by atoms with Crippen molar-refractivity contribution < 1.29 is 17.6 Å². The molecule has 1 aromatic rings. The van der Waals surface area contributed by atoms with E-state index in [1.54, 1.807) is 11.9 Å². The second kappa shape index (κ2) is 8.40. The van der Waals surface area contributed by atoms with Gasteiger partial charge >= 0.3 is 0 Å². The predicted molar refractivity (Wildman–Crippen MR) is 88.0 cm³/mol. The van der Waals surface area contributed by atoms with Crippen molar-refractivity contribution in [3.05, 3.63) is 30.1 Å². The summed E-state index contributed by atoms with van der Waals surface area (Å²) < 4.78 is 38.7. The van der Waals surface area contributed by atoms with Crippen LogP contribution in [0.4, 0.5) is 4.39 Å². The van der Waals surface area contributed by atoms with Crippen molar-refractivity contribution in [2.24, 2.45) is 0 Å². The zero-order valence-electron chi connectivity index (χ0n) is 14.1. The van der Waals surface area contributed by atoms with Gasteiger partial charge in [-0.1, -0.05) is 6.92 Å². The number of nitrogens with zero attached hydrogens (tertiary/aromatic N) is 2. The zero-order valence-corrected chi connectivity index (χ0v) is 14.9. The van der Waals surface area contributed by atoms with Crippen LogP contribution in [0, 0.1) is 5.82 Å². The normalized spacial score (nSPS) is 13.1. The van der Waals surface area contributed by atoms with Crippen LogP contribution in [0.5, 0.6) is 0 Å². The Morgan fingerprint density at radius 1 is 1.22 bits per heavy atom. The molecule has 1 rings (SSSR count). The van der Waals surface area contributed by atoms with Crippen LogP contribution in [-0.2, 0) is 14.8 Å². The second-order valence-corrected chi connectivity index (χ2v) is 7.69. The van der Waals surface area contributed by atoms with Crippen molar-refractivity contribution in [3.63, 3.8) is 0 Å². The van der Waals surface area contributed by atoms with Crippen LogP contribution in [-0.4, -0.2) is 50.2 Å². The number of sulfonamides is 1. The first-order valence-corrected chi connectivity index (χ1v) is 9.11. The second-order valence-electron chi connectivity index (χ2n) is 5.65. The minimum atomic E-state index is -3.65. The lowest BCUT2D eigenvalue weighted by molar-refractivity contribution is -0.131. The van der Waals surface area contributed by atoms with Crippen molar-refractivity contribution in [2.75, 3.05) is 20.6 Å². The van der Waals surface area contributed by atoms with Gasteiger partial charge in [0.05, 0.1) is 4.90 Å². The van der Waals surface area contributed by atoms with Crippen LogP contribution in [0.1, 0.15) is 33.1 Å². The molecular weight excluding hydrogens is 319 g/mol. The third kappa shape index (κ3) is 5.28. The number of halogens is 1. The summed E-state index contributed by atoms with van der Waals surface area (Å²) in [7, 11) is -0.434. The number of hydrogen-bond acceptors (Lipinski definition) is 3. The van der Waals surface area contributed by atoms with Gasteiger partial charge in [-0.3, -0.25) is 4.79 Å². The Bertz CT molecular complexity index is 617. The smallest absolute Gasteiger partial charge is 0.242 e. The van der Waals surface area contributed by atoms with Crippen molar-refractivity contribution in [1.29, 1.82) is 0 Å². The fraction of sp³-hybridized carbons (Fsp3) is 0.562. The number of rotatable bonds is 8. The van der Waals surface area contributed by atoms with Gasteiger partial charge in [-0.15, -0.1) is 0 Å². The van der Waals surface area contributed by atoms with Crippen LogP contribution >= 0.6 is 0 Å². The van der Waals surface area contributed by atoms with E-state index in [0.717, 1.165) is 18.6 Å². The minimum Gasteiger partial charge on any atom is -0.343 e. The molecule has 1 atom stereocenters. The summed E-state index contributed by atoms with van der Waals surface area (Å²) in [5.74, 6) is -0.475. The van der Waals surface area contributed by atoms with Crippen molar-refractivity contribution in [2.45, 2.75) is 44.0 Å². The Balaban J connectivity index is 2.58. The summed E-state index contributed by atoms with van der Waals surface area (Å²) in [6.45, 7) is 4.22. The van der Waals surface area contributed by atoms with Gasteiger partial charge in [-0.05, 0) is 44.0 Å². The van der Waals surface area contributed by atoms with Gasteiger partial charge in [0.2, 0.25) is 15.9 Å². The van der Waals surface area contributed by atoms with E-state index >= 15 is 0 Å². The van der Waals surface area contributed by atoms with E-state index in [1.165, 1.54) is 23.5 Å². The van der Waals surface area contributed by atoms with Gasteiger partial charge in [0.25, 0.3) is 0 Å². The highest BCUT2D eigenvalue weighted by Crippen LogP contribution is 2.15. The first-order chi connectivity index (χ1) is 10.7. The highest BCUT2D eigenvalue weighted by atomic mass is 32.2. The van der Waals surface area contributed by atoms with Gasteiger partial charge in [-0.25, -0.2) is 17.1 Å². The molecule has 0 spiro atoms. The SMILES string of the molecule is CCC(C)N(C)C(=O)CCCN(C)S(=O)(=O)c1ccc(F)cc1. The van der Waals surface area contributed by atoms with Gasteiger partial charge in [-0.2, -0.15) is 0 Å². The summed E-state index contributed by atoms with van der Waals surface area (Å²) >= 11 is 0. The molecule has 0 bridgehead atoms. The zero-order chi connectivity index (χ0) is 17.6. The van der Waals surface area contributed by atoms with E-state index in [0.29, 0.717) is 12.8 Å². The third-order valence-corrected chi connectivity index (χ3v) is 5.90. The fourth-order valence-electron chi connectivity index (χ4n) is 2.06. The monoisotopic (exact) mass is 344 g/mol. The highest BCUT2D eigenvalue weighted by molar-refractivity contribution is 7.89. The summed E-state index contributed by atoms with van der Waals surface area (Å²) in [6.07, 6.45) is 1.61. The van der Waals surface area contributed by atoms with E-state index in [4.69, 9.17) is 0 Å². The fourth-order valence-corrected chi connectivity index (χ4v) is 3.27. The minimum absolute atomic E-state index is 0.00642. The molecule has 0 radical (unpaired) electrons. The molecule has 1 unspecified atom stereocenters. The highest BCUT2D eigenvalue weighted by Gasteiger charge is 2.21. The maximum atomic E-state index is 12.9. The summed E-state index contributed by atoms with van der Waals surface area (Å²) in [6, 6.07) is 4.88. The summed E-state index contributed by atoms with van der Waals surface area (Å²) in [4.78, 5) is 13.7. The lowest BCUT2D eigenvalue weighted by Gasteiger charge is -2.24. The van der Waals surface area contributed by atoms with Gasteiger partial charge in [0.15, 0.2) is 0 Å². The maximum absolute atomic E-state index is 12.9. The molecule has 130 valence electrons. The molecule has 0 aliphatic rings. The number of carbonyl (C=O) groups excluding carboxylic acids is 1. The van der Waals surface area contributed by atoms with Gasteiger partial charge in [0.1, 0.15) is 5.82 Å². The average molecular weight is 344 g/mol. The molecule has 23 heavy (non-hydrogen) atoms. The molecular formula is C16H25FN2O3S. The van der Waals surface area contributed by atoms with Crippen LogP contribution in [0.25, 0.3) is 0 Å². The number of amides is 1. The molecule has 0 saturated carbocycles. The standard InChI is InChI=1S/C16H25FN2O3S/c1-5-13(2)19(4)16(20)7-6-12-18(3)23(21,22)15-10-8-14(17)9-11-15/h8-11,13H,5-7,12H2,1-4H3. The summed E-state index contributed by atoms with van der Waals surface area (Å²) in [5.41, 5.74) is 0. The van der Waals surface area contributed by atoms with Gasteiger partial charge < -0.3 is 4.90 Å². The van der Waals surface area contributed by atoms with E-state index in [-0.39, 0.29) is 23.4 Å². The third-order valence-electron chi connectivity index (χ3n) is 4.03. The molecule has 0 fully saturated rings. The number of hydrogen-bond donors (Lipinski definition) is 0. The molecule has 0 N–H and O–H groups in total. The van der Waals surface area contributed by atoms with Gasteiger partial charge in [0, 0.05) is 33.1 Å². The Labute approximate surface area is 138 Å². The lowest BCUT2D eigenvalue weighted by Crippen LogP contribution is -2.35. The molecule has 5 nitrogen and oxygen atoms in total. The molecule has 1 amide bonds. The van der Waals surface area contributed by atoms with Crippen LogP contribution < -0.4 is 0 Å². The maximum Gasteiger partial charge on any atom is 0.242 e. The Hall–Kier alpha value is -1.47. The summed E-state index contributed by atoms with van der Waals surface area (Å²) in [5, 5.41) is 0. The molecule has 0 aliphatic heterocycles. The van der Waals surface area contributed by atoms with Crippen LogP contribution in [0.3, 0.4) is 0 Å². The largest absolute Gasteiger partial charge is 0.343 e.